The Morgan fingerprint density at radius 1 is 1.22 bits per heavy atom. The lowest BCUT2D eigenvalue weighted by molar-refractivity contribution is -0.0235. The minimum atomic E-state index is -0.252. The van der Waals surface area contributed by atoms with Crippen LogP contribution >= 0.6 is 0 Å². The van der Waals surface area contributed by atoms with Crippen LogP contribution in [0.1, 0.15) is 51.2 Å². The molecule has 0 saturated carbocycles. The fraction of sp³-hybridized carbons (Fsp3) is 0.579. The van der Waals surface area contributed by atoms with Crippen molar-refractivity contribution < 1.29 is 9.31 Å². The molecule has 4 heteroatoms. The Kier molecular flexibility index (Phi) is 5.25. The van der Waals surface area contributed by atoms with Gasteiger partial charge in [0.2, 0.25) is 0 Å². The summed E-state index contributed by atoms with van der Waals surface area (Å²) in [5.74, 6) is 2.02. The maximum atomic E-state index is 5.96. The average Bonchev–Trinajstić information content (AvgIpc) is 2.97. The monoisotopic (exact) mass is 313 g/mol. The van der Waals surface area contributed by atoms with Gasteiger partial charge >= 0.3 is 7.12 Å². The summed E-state index contributed by atoms with van der Waals surface area (Å²) in [6.07, 6.45) is 5.95. The summed E-state index contributed by atoms with van der Waals surface area (Å²) >= 11 is 0. The van der Waals surface area contributed by atoms with E-state index in [2.05, 4.69) is 56.0 Å². The lowest BCUT2D eigenvalue weighted by Gasteiger charge is -2.37. The molecule has 23 heavy (non-hydrogen) atoms. The summed E-state index contributed by atoms with van der Waals surface area (Å²) in [5.41, 5.74) is 2.47. The molecule has 1 aromatic carbocycles. The summed E-state index contributed by atoms with van der Waals surface area (Å²) in [6, 6.07) is 8.82. The molecule has 1 unspecified atom stereocenters. The van der Waals surface area contributed by atoms with Gasteiger partial charge in [-0.25, -0.2) is 0 Å². The van der Waals surface area contributed by atoms with E-state index in [1.807, 2.05) is 5.98 Å². The van der Waals surface area contributed by atoms with Gasteiger partial charge in [-0.3, -0.25) is 4.90 Å². The molecule has 0 aromatic heterocycles. The highest BCUT2D eigenvalue weighted by atomic mass is 16.6. The van der Waals surface area contributed by atoms with Crippen molar-refractivity contribution in [1.29, 1.82) is 0 Å². The van der Waals surface area contributed by atoms with Gasteiger partial charge in [-0.2, -0.15) is 0 Å². The number of hydrogen-bond acceptors (Lipinski definition) is 3. The molecular weight excluding hydrogens is 285 g/mol. The van der Waals surface area contributed by atoms with Gasteiger partial charge in [-0.05, 0) is 64.3 Å². The van der Waals surface area contributed by atoms with E-state index in [-0.39, 0.29) is 18.8 Å². The van der Waals surface area contributed by atoms with E-state index in [1.165, 1.54) is 37.1 Å². The van der Waals surface area contributed by atoms with Crippen molar-refractivity contribution >= 4 is 13.2 Å². The number of likely N-dealkylation sites (tertiary alicyclic amines) is 1. The molecule has 2 saturated heterocycles. The molecule has 2 aliphatic rings. The normalized spacial score (nSPS) is 25.3. The van der Waals surface area contributed by atoms with Crippen LogP contribution < -0.4 is 0 Å². The molecule has 0 N–H and O–H groups in total. The topological polar surface area (TPSA) is 21.7 Å². The summed E-state index contributed by atoms with van der Waals surface area (Å²) in [5, 5.41) is 0. The fourth-order valence-electron chi connectivity index (χ4n) is 3.57. The summed E-state index contributed by atoms with van der Waals surface area (Å²) in [6.45, 7) is 9.92. The standard InChI is InChI=1S/C19H28BNO2/c1-16-14-19(2,3)23-20(22-16)11-10-17-6-8-18(9-7-17)15-21-12-4-5-13-21/h6-11,16H,4-5,12-15H2,1-3H3/b11-10+. The van der Waals surface area contributed by atoms with Crippen LogP contribution in [-0.4, -0.2) is 36.8 Å². The Morgan fingerprint density at radius 2 is 1.91 bits per heavy atom. The fourth-order valence-corrected chi connectivity index (χ4v) is 3.57. The lowest BCUT2D eigenvalue weighted by atomic mass is 9.82. The first-order chi connectivity index (χ1) is 11.0. The largest absolute Gasteiger partial charge is 0.486 e. The molecule has 2 aliphatic heterocycles. The van der Waals surface area contributed by atoms with Crippen molar-refractivity contribution in [2.45, 2.75) is 58.3 Å². The molecule has 0 bridgehead atoms. The number of nitrogens with zero attached hydrogens (tertiary/aromatic N) is 1. The maximum absolute atomic E-state index is 5.96. The first kappa shape index (κ1) is 16.8. The second-order valence-corrected chi connectivity index (χ2v) is 7.48. The third-order valence-electron chi connectivity index (χ3n) is 4.61. The SMILES string of the molecule is CC1CC(C)(C)OB(/C=C/c2ccc(CN3CCCC3)cc2)O1. The first-order valence-electron chi connectivity index (χ1n) is 8.83. The van der Waals surface area contributed by atoms with Crippen molar-refractivity contribution in [2.75, 3.05) is 13.1 Å². The van der Waals surface area contributed by atoms with Crippen molar-refractivity contribution in [3.05, 3.63) is 41.4 Å². The zero-order valence-electron chi connectivity index (χ0n) is 14.6. The molecule has 0 aliphatic carbocycles. The van der Waals surface area contributed by atoms with Gasteiger partial charge < -0.3 is 9.31 Å². The summed E-state index contributed by atoms with van der Waals surface area (Å²) < 4.78 is 11.8. The second kappa shape index (κ2) is 7.21. The van der Waals surface area contributed by atoms with Crippen LogP contribution in [0.15, 0.2) is 30.2 Å². The van der Waals surface area contributed by atoms with E-state index in [1.54, 1.807) is 0 Å². The lowest BCUT2D eigenvalue weighted by Crippen LogP contribution is -2.45. The Morgan fingerprint density at radius 3 is 2.57 bits per heavy atom. The van der Waals surface area contributed by atoms with E-state index in [9.17, 15) is 0 Å². The number of benzene rings is 1. The Bertz CT molecular complexity index is 535. The summed E-state index contributed by atoms with van der Waals surface area (Å²) in [7, 11) is -0.252. The Labute approximate surface area is 140 Å². The molecule has 1 aromatic rings. The van der Waals surface area contributed by atoms with Gasteiger partial charge in [0, 0.05) is 12.6 Å². The van der Waals surface area contributed by atoms with Crippen LogP contribution in [-0.2, 0) is 15.9 Å². The van der Waals surface area contributed by atoms with Gasteiger partial charge in [0.05, 0.1) is 5.60 Å². The molecule has 0 amide bonds. The highest BCUT2D eigenvalue weighted by Crippen LogP contribution is 2.26. The Hall–Kier alpha value is -1.10. The van der Waals surface area contributed by atoms with Crippen LogP contribution in [0.4, 0.5) is 0 Å². The van der Waals surface area contributed by atoms with Gasteiger partial charge in [0.15, 0.2) is 0 Å². The molecular formula is C19H28BNO2. The number of rotatable bonds is 4. The van der Waals surface area contributed by atoms with Gasteiger partial charge in [-0.15, -0.1) is 0 Å². The highest BCUT2D eigenvalue weighted by Gasteiger charge is 2.35. The second-order valence-electron chi connectivity index (χ2n) is 7.48. The molecule has 3 rings (SSSR count). The zero-order chi connectivity index (χ0) is 16.3. The van der Waals surface area contributed by atoms with Crippen molar-refractivity contribution in [3.8, 4) is 0 Å². The zero-order valence-corrected chi connectivity index (χ0v) is 14.6. The summed E-state index contributed by atoms with van der Waals surface area (Å²) in [4.78, 5) is 2.53. The molecule has 2 fully saturated rings. The van der Waals surface area contributed by atoms with Crippen LogP contribution in [0.3, 0.4) is 0 Å². The molecule has 124 valence electrons. The maximum Gasteiger partial charge on any atom is 0.486 e. The van der Waals surface area contributed by atoms with Gasteiger partial charge in [0.25, 0.3) is 0 Å². The Balaban J connectivity index is 1.57. The smallest absolute Gasteiger partial charge is 0.405 e. The van der Waals surface area contributed by atoms with Crippen LogP contribution in [0.2, 0.25) is 0 Å². The quantitative estimate of drug-likeness (QED) is 0.786. The highest BCUT2D eigenvalue weighted by molar-refractivity contribution is 6.52. The van der Waals surface area contributed by atoms with Crippen LogP contribution in [0.5, 0.6) is 0 Å². The minimum absolute atomic E-state index is 0.119. The van der Waals surface area contributed by atoms with E-state index < -0.39 is 0 Å². The predicted molar refractivity (Wildman–Crippen MR) is 96.1 cm³/mol. The predicted octanol–water partition coefficient (Wildman–Crippen LogP) is 3.93. The minimum Gasteiger partial charge on any atom is -0.405 e. The van der Waals surface area contributed by atoms with Crippen molar-refractivity contribution in [1.82, 2.24) is 4.90 Å². The molecule has 0 spiro atoms. The van der Waals surface area contributed by atoms with Crippen molar-refractivity contribution in [3.63, 3.8) is 0 Å². The van der Waals surface area contributed by atoms with Gasteiger partial charge in [-0.1, -0.05) is 36.3 Å². The average molecular weight is 313 g/mol. The number of hydrogen-bond donors (Lipinski definition) is 0. The van der Waals surface area contributed by atoms with Crippen LogP contribution in [0, 0.1) is 0 Å². The van der Waals surface area contributed by atoms with E-state index in [0.29, 0.717) is 0 Å². The molecule has 3 nitrogen and oxygen atoms in total. The first-order valence-corrected chi connectivity index (χ1v) is 8.83. The van der Waals surface area contributed by atoms with Crippen LogP contribution in [0.25, 0.3) is 6.08 Å². The third-order valence-corrected chi connectivity index (χ3v) is 4.61. The van der Waals surface area contributed by atoms with E-state index in [4.69, 9.17) is 9.31 Å². The third kappa shape index (κ3) is 4.94. The van der Waals surface area contributed by atoms with E-state index >= 15 is 0 Å². The molecule has 1 atom stereocenters. The van der Waals surface area contributed by atoms with E-state index in [0.717, 1.165) is 13.0 Å². The van der Waals surface area contributed by atoms with Crippen molar-refractivity contribution in [2.24, 2.45) is 0 Å². The van der Waals surface area contributed by atoms with Gasteiger partial charge in [0.1, 0.15) is 0 Å². The molecule has 2 heterocycles. The molecule has 0 radical (unpaired) electrons.